The summed E-state index contributed by atoms with van der Waals surface area (Å²) in [6.07, 6.45) is 1.01. The Morgan fingerprint density at radius 3 is 2.40 bits per heavy atom. The molecule has 3 nitrogen and oxygen atoms in total. The number of ether oxygens (including phenoxy) is 1. The zero-order chi connectivity index (χ0) is 15.2. The highest BCUT2D eigenvalue weighted by atomic mass is 79.9. The Kier molecular flexibility index (Phi) is 6.53. The second-order valence-electron chi connectivity index (χ2n) is 6.03. The Balaban J connectivity index is 2.46. The van der Waals surface area contributed by atoms with Crippen molar-refractivity contribution >= 4 is 21.8 Å². The lowest BCUT2D eigenvalue weighted by Gasteiger charge is -2.22. The van der Waals surface area contributed by atoms with Crippen LogP contribution < -0.4 is 10.1 Å². The highest BCUT2D eigenvalue weighted by Crippen LogP contribution is 2.24. The Labute approximate surface area is 130 Å². The fourth-order valence-electron chi connectivity index (χ4n) is 1.91. The monoisotopic (exact) mass is 341 g/mol. The third-order valence-corrected chi connectivity index (χ3v) is 3.39. The van der Waals surface area contributed by atoms with Crippen LogP contribution in [0, 0.1) is 5.41 Å². The van der Waals surface area contributed by atoms with Crippen LogP contribution in [-0.4, -0.2) is 23.9 Å². The van der Waals surface area contributed by atoms with Crippen molar-refractivity contribution in [2.24, 2.45) is 5.41 Å². The number of benzene rings is 1. The van der Waals surface area contributed by atoms with Gasteiger partial charge in [-0.05, 0) is 43.0 Å². The summed E-state index contributed by atoms with van der Waals surface area (Å²) >= 11 is 3.61. The summed E-state index contributed by atoms with van der Waals surface area (Å²) in [7, 11) is 0. The van der Waals surface area contributed by atoms with E-state index in [1.165, 1.54) is 0 Å². The SMILES string of the molecule is CCOc1ccc(C(=O)NCC(Br)CC(C)(C)C)cc1. The molecule has 1 unspecified atom stereocenters. The van der Waals surface area contributed by atoms with Crippen molar-refractivity contribution in [2.75, 3.05) is 13.2 Å². The molecule has 1 N–H and O–H groups in total. The first-order valence-corrected chi connectivity index (χ1v) is 7.88. The molecule has 0 saturated heterocycles. The molecule has 20 heavy (non-hydrogen) atoms. The van der Waals surface area contributed by atoms with Gasteiger partial charge in [0, 0.05) is 16.9 Å². The normalized spacial score (nSPS) is 12.8. The summed E-state index contributed by atoms with van der Waals surface area (Å²) in [5, 5.41) is 2.95. The first-order chi connectivity index (χ1) is 9.31. The second kappa shape index (κ2) is 7.67. The van der Waals surface area contributed by atoms with Crippen LogP contribution in [0.15, 0.2) is 24.3 Å². The highest BCUT2D eigenvalue weighted by molar-refractivity contribution is 9.09. The summed E-state index contributed by atoms with van der Waals surface area (Å²) < 4.78 is 5.35. The number of nitrogens with one attached hydrogen (secondary N) is 1. The van der Waals surface area contributed by atoms with Crippen LogP contribution in [0.2, 0.25) is 0 Å². The molecule has 0 aromatic heterocycles. The molecule has 0 radical (unpaired) electrons. The van der Waals surface area contributed by atoms with Gasteiger partial charge in [0.1, 0.15) is 5.75 Å². The van der Waals surface area contributed by atoms with Crippen molar-refractivity contribution in [3.05, 3.63) is 29.8 Å². The number of rotatable bonds is 6. The number of amides is 1. The van der Waals surface area contributed by atoms with Crippen LogP contribution in [0.4, 0.5) is 0 Å². The first kappa shape index (κ1) is 17.0. The molecule has 0 aliphatic rings. The van der Waals surface area contributed by atoms with E-state index in [9.17, 15) is 4.79 Å². The molecular formula is C16H24BrNO2. The number of carbonyl (C=O) groups excluding carboxylic acids is 1. The van der Waals surface area contributed by atoms with E-state index in [4.69, 9.17) is 4.74 Å². The quantitative estimate of drug-likeness (QED) is 0.793. The molecule has 0 aliphatic heterocycles. The largest absolute Gasteiger partial charge is 0.494 e. The van der Waals surface area contributed by atoms with Gasteiger partial charge in [0.15, 0.2) is 0 Å². The lowest BCUT2D eigenvalue weighted by Crippen LogP contribution is -2.31. The number of alkyl halides is 1. The molecule has 0 fully saturated rings. The maximum Gasteiger partial charge on any atom is 0.251 e. The molecule has 0 bridgehead atoms. The molecule has 1 amide bonds. The van der Waals surface area contributed by atoms with E-state index in [0.29, 0.717) is 18.7 Å². The number of hydrogen-bond donors (Lipinski definition) is 1. The summed E-state index contributed by atoms with van der Waals surface area (Å²) in [6, 6.07) is 7.21. The first-order valence-electron chi connectivity index (χ1n) is 6.97. The molecule has 112 valence electrons. The molecule has 1 atom stereocenters. The predicted molar refractivity (Wildman–Crippen MR) is 86.7 cm³/mol. The summed E-state index contributed by atoms with van der Waals surface area (Å²) in [5.74, 6) is 0.738. The molecule has 0 aliphatic carbocycles. The zero-order valence-corrected chi connectivity index (χ0v) is 14.3. The lowest BCUT2D eigenvalue weighted by molar-refractivity contribution is 0.0952. The van der Waals surface area contributed by atoms with Crippen molar-refractivity contribution < 1.29 is 9.53 Å². The van der Waals surface area contributed by atoms with Gasteiger partial charge in [-0.1, -0.05) is 36.7 Å². The van der Waals surface area contributed by atoms with Gasteiger partial charge in [-0.15, -0.1) is 0 Å². The van der Waals surface area contributed by atoms with Gasteiger partial charge >= 0.3 is 0 Å². The van der Waals surface area contributed by atoms with Crippen molar-refractivity contribution in [1.29, 1.82) is 0 Å². The molecular weight excluding hydrogens is 318 g/mol. The van der Waals surface area contributed by atoms with Crippen molar-refractivity contribution in [1.82, 2.24) is 5.32 Å². The molecule has 1 aromatic rings. The maximum atomic E-state index is 12.0. The third kappa shape index (κ3) is 6.42. The van der Waals surface area contributed by atoms with Crippen LogP contribution in [0.1, 0.15) is 44.5 Å². The zero-order valence-electron chi connectivity index (χ0n) is 12.7. The topological polar surface area (TPSA) is 38.3 Å². The van der Waals surface area contributed by atoms with Gasteiger partial charge in [0.05, 0.1) is 6.61 Å². The van der Waals surface area contributed by atoms with E-state index < -0.39 is 0 Å². The molecule has 4 heteroatoms. The number of carbonyl (C=O) groups is 1. The van der Waals surface area contributed by atoms with E-state index in [1.807, 2.05) is 19.1 Å². The van der Waals surface area contributed by atoms with Crippen molar-refractivity contribution in [3.63, 3.8) is 0 Å². The van der Waals surface area contributed by atoms with E-state index in [0.717, 1.165) is 12.2 Å². The Bertz CT molecular complexity index is 423. The predicted octanol–water partition coefficient (Wildman–Crippen LogP) is 4.01. The summed E-state index contributed by atoms with van der Waals surface area (Å²) in [5.41, 5.74) is 0.904. The van der Waals surface area contributed by atoms with Crippen LogP contribution in [0.3, 0.4) is 0 Å². The molecule has 1 aromatic carbocycles. The van der Waals surface area contributed by atoms with Crippen LogP contribution in [-0.2, 0) is 0 Å². The van der Waals surface area contributed by atoms with Crippen molar-refractivity contribution in [2.45, 2.75) is 38.9 Å². The lowest BCUT2D eigenvalue weighted by atomic mass is 9.90. The molecule has 0 saturated carbocycles. The van der Waals surface area contributed by atoms with E-state index in [-0.39, 0.29) is 16.1 Å². The van der Waals surface area contributed by atoms with Gasteiger partial charge in [-0.25, -0.2) is 0 Å². The average molecular weight is 342 g/mol. The van der Waals surface area contributed by atoms with Crippen LogP contribution in [0.5, 0.6) is 5.75 Å². The third-order valence-electron chi connectivity index (χ3n) is 2.75. The summed E-state index contributed by atoms with van der Waals surface area (Å²) in [6.45, 7) is 9.76. The van der Waals surface area contributed by atoms with Gasteiger partial charge in [-0.2, -0.15) is 0 Å². The van der Waals surface area contributed by atoms with Crippen molar-refractivity contribution in [3.8, 4) is 5.75 Å². The number of hydrogen-bond acceptors (Lipinski definition) is 2. The van der Waals surface area contributed by atoms with Gasteiger partial charge in [0.2, 0.25) is 0 Å². The Morgan fingerprint density at radius 2 is 1.90 bits per heavy atom. The maximum absolute atomic E-state index is 12.0. The highest BCUT2D eigenvalue weighted by Gasteiger charge is 2.17. The minimum Gasteiger partial charge on any atom is -0.494 e. The van der Waals surface area contributed by atoms with Crippen LogP contribution in [0.25, 0.3) is 0 Å². The van der Waals surface area contributed by atoms with E-state index in [1.54, 1.807) is 12.1 Å². The Morgan fingerprint density at radius 1 is 1.30 bits per heavy atom. The summed E-state index contributed by atoms with van der Waals surface area (Å²) in [4.78, 5) is 12.3. The van der Waals surface area contributed by atoms with E-state index >= 15 is 0 Å². The fourth-order valence-corrected chi connectivity index (χ4v) is 3.04. The van der Waals surface area contributed by atoms with Crippen LogP contribution >= 0.6 is 15.9 Å². The minimum atomic E-state index is -0.0496. The van der Waals surface area contributed by atoms with E-state index in [2.05, 4.69) is 42.0 Å². The second-order valence-corrected chi connectivity index (χ2v) is 7.32. The van der Waals surface area contributed by atoms with Gasteiger partial charge in [-0.3, -0.25) is 4.79 Å². The van der Waals surface area contributed by atoms with Gasteiger partial charge in [0.25, 0.3) is 5.91 Å². The fraction of sp³-hybridized carbons (Fsp3) is 0.562. The molecule has 1 rings (SSSR count). The average Bonchev–Trinajstić information content (AvgIpc) is 2.35. The van der Waals surface area contributed by atoms with Gasteiger partial charge < -0.3 is 10.1 Å². The molecule has 0 heterocycles. The smallest absolute Gasteiger partial charge is 0.251 e. The number of halogens is 1. The minimum absolute atomic E-state index is 0.0496. The Hall–Kier alpha value is -1.03. The standard InChI is InChI=1S/C16H24BrNO2/c1-5-20-14-8-6-12(7-9-14)15(19)18-11-13(17)10-16(2,3)4/h6-9,13H,5,10-11H2,1-4H3,(H,18,19). The molecule has 0 spiro atoms.